The van der Waals surface area contributed by atoms with Crippen molar-refractivity contribution in [3.63, 3.8) is 0 Å². The second-order valence-electron chi connectivity index (χ2n) is 7.43. The van der Waals surface area contributed by atoms with Crippen LogP contribution >= 0.6 is 11.6 Å². The second kappa shape index (κ2) is 10.5. The molecule has 158 valence electrons. The van der Waals surface area contributed by atoms with E-state index in [-0.39, 0.29) is 30.9 Å². The number of likely N-dealkylation sites (tertiary alicyclic amines) is 1. The summed E-state index contributed by atoms with van der Waals surface area (Å²) in [5.41, 5.74) is 0.614. The van der Waals surface area contributed by atoms with E-state index in [0.717, 1.165) is 26.1 Å². The lowest BCUT2D eigenvalue weighted by molar-refractivity contribution is -0.139. The van der Waals surface area contributed by atoms with Gasteiger partial charge in [-0.3, -0.25) is 9.59 Å². The lowest BCUT2D eigenvalue weighted by atomic mass is 10.3. The first-order chi connectivity index (χ1) is 14.0. The summed E-state index contributed by atoms with van der Waals surface area (Å²) in [6.07, 6.45) is 3.44. The average molecular weight is 422 g/mol. The monoisotopic (exact) mass is 421 g/mol. The van der Waals surface area contributed by atoms with Crippen LogP contribution < -0.4 is 10.6 Å². The topological polar surface area (TPSA) is 85.0 Å². The Morgan fingerprint density at radius 1 is 1.03 bits per heavy atom. The van der Waals surface area contributed by atoms with Crippen molar-refractivity contribution in [3.8, 4) is 0 Å². The quantitative estimate of drug-likeness (QED) is 0.655. The molecule has 2 aliphatic rings. The molecule has 0 saturated carbocycles. The number of carbonyl (C=O) groups excluding carboxylic acids is 3. The van der Waals surface area contributed by atoms with E-state index in [9.17, 15) is 14.4 Å². The Bertz CT molecular complexity index is 721. The van der Waals surface area contributed by atoms with E-state index in [1.165, 1.54) is 22.6 Å². The van der Waals surface area contributed by atoms with Gasteiger partial charge in [0.05, 0.1) is 6.54 Å². The Balaban J connectivity index is 1.35. The van der Waals surface area contributed by atoms with E-state index in [4.69, 9.17) is 11.6 Å². The predicted molar refractivity (Wildman–Crippen MR) is 112 cm³/mol. The summed E-state index contributed by atoms with van der Waals surface area (Å²) in [4.78, 5) is 42.2. The zero-order chi connectivity index (χ0) is 20.6. The Hall–Kier alpha value is -2.32. The Morgan fingerprint density at radius 2 is 1.76 bits per heavy atom. The van der Waals surface area contributed by atoms with Crippen molar-refractivity contribution in [1.82, 2.24) is 20.0 Å². The summed E-state index contributed by atoms with van der Waals surface area (Å²) in [5.74, 6) is -0.381. The molecule has 0 aliphatic carbocycles. The molecular weight excluding hydrogens is 394 g/mol. The van der Waals surface area contributed by atoms with Crippen LogP contribution in [-0.4, -0.2) is 84.9 Å². The van der Waals surface area contributed by atoms with Crippen molar-refractivity contribution < 1.29 is 14.4 Å². The first-order valence-electron chi connectivity index (χ1n) is 10.1. The Morgan fingerprint density at radius 3 is 2.45 bits per heavy atom. The molecule has 0 unspecified atom stereocenters. The van der Waals surface area contributed by atoms with Gasteiger partial charge in [0.1, 0.15) is 6.54 Å². The normalized spacial score (nSPS) is 17.5. The molecule has 3 rings (SSSR count). The molecule has 1 aromatic rings. The van der Waals surface area contributed by atoms with Gasteiger partial charge in [-0.2, -0.15) is 0 Å². The molecule has 0 spiro atoms. The van der Waals surface area contributed by atoms with Crippen molar-refractivity contribution in [1.29, 1.82) is 0 Å². The molecule has 0 radical (unpaired) electrons. The van der Waals surface area contributed by atoms with E-state index in [0.29, 0.717) is 30.3 Å². The van der Waals surface area contributed by atoms with Crippen LogP contribution in [0.1, 0.15) is 19.3 Å². The van der Waals surface area contributed by atoms with Crippen LogP contribution in [0.25, 0.3) is 0 Å². The minimum absolute atomic E-state index is 0.0369. The summed E-state index contributed by atoms with van der Waals surface area (Å²) in [7, 11) is 0. The average Bonchev–Trinajstić information content (AvgIpc) is 3.22. The van der Waals surface area contributed by atoms with Crippen LogP contribution in [0.3, 0.4) is 0 Å². The number of halogens is 1. The zero-order valence-electron chi connectivity index (χ0n) is 16.5. The number of rotatable bonds is 7. The SMILES string of the molecule is O=C(CN1CCN(C(=O)Nc2ccc(Cl)cc2)CC1=O)NCCCN1CCCC1. The third-order valence-electron chi connectivity index (χ3n) is 5.21. The molecule has 1 aromatic carbocycles. The highest BCUT2D eigenvalue weighted by Gasteiger charge is 2.28. The fraction of sp³-hybridized carbons (Fsp3) is 0.550. The van der Waals surface area contributed by atoms with Crippen LogP contribution in [0.5, 0.6) is 0 Å². The first-order valence-corrected chi connectivity index (χ1v) is 10.5. The summed E-state index contributed by atoms with van der Waals surface area (Å²) in [6.45, 7) is 4.64. The maximum atomic E-state index is 12.3. The van der Waals surface area contributed by atoms with Gasteiger partial charge >= 0.3 is 6.03 Å². The molecule has 2 heterocycles. The van der Waals surface area contributed by atoms with Crippen LogP contribution in [0, 0.1) is 0 Å². The van der Waals surface area contributed by atoms with E-state index >= 15 is 0 Å². The number of anilines is 1. The predicted octanol–water partition coefficient (Wildman–Crippen LogP) is 1.62. The lowest BCUT2D eigenvalue weighted by Gasteiger charge is -2.33. The van der Waals surface area contributed by atoms with Crippen LogP contribution in [0.15, 0.2) is 24.3 Å². The highest BCUT2D eigenvalue weighted by Crippen LogP contribution is 2.14. The van der Waals surface area contributed by atoms with Crippen molar-refractivity contribution in [2.24, 2.45) is 0 Å². The summed E-state index contributed by atoms with van der Waals surface area (Å²) in [6, 6.07) is 6.43. The third-order valence-corrected chi connectivity index (χ3v) is 5.46. The van der Waals surface area contributed by atoms with E-state index in [1.807, 2.05) is 0 Å². The van der Waals surface area contributed by atoms with Crippen LogP contribution in [-0.2, 0) is 9.59 Å². The summed E-state index contributed by atoms with van der Waals surface area (Å²) < 4.78 is 0. The zero-order valence-corrected chi connectivity index (χ0v) is 17.3. The molecule has 2 saturated heterocycles. The molecule has 0 aromatic heterocycles. The fourth-order valence-corrected chi connectivity index (χ4v) is 3.68. The van der Waals surface area contributed by atoms with E-state index in [2.05, 4.69) is 15.5 Å². The molecule has 2 fully saturated rings. The Labute approximate surface area is 176 Å². The van der Waals surface area contributed by atoms with Crippen LogP contribution in [0.4, 0.5) is 10.5 Å². The summed E-state index contributed by atoms with van der Waals surface area (Å²) in [5, 5.41) is 6.21. The first kappa shape index (κ1) is 21.4. The van der Waals surface area contributed by atoms with Crippen LogP contribution in [0.2, 0.25) is 5.02 Å². The van der Waals surface area contributed by atoms with Gasteiger partial charge in [-0.25, -0.2) is 4.79 Å². The fourth-order valence-electron chi connectivity index (χ4n) is 3.55. The van der Waals surface area contributed by atoms with E-state index in [1.54, 1.807) is 24.3 Å². The number of hydrogen-bond acceptors (Lipinski definition) is 4. The molecule has 0 bridgehead atoms. The van der Waals surface area contributed by atoms with Gasteiger partial charge in [0.15, 0.2) is 0 Å². The molecule has 0 atom stereocenters. The highest BCUT2D eigenvalue weighted by atomic mass is 35.5. The Kier molecular flexibility index (Phi) is 7.71. The van der Waals surface area contributed by atoms with Crippen molar-refractivity contribution in [3.05, 3.63) is 29.3 Å². The number of carbonyl (C=O) groups is 3. The molecule has 2 N–H and O–H groups in total. The minimum atomic E-state index is -0.341. The van der Waals surface area contributed by atoms with Gasteiger partial charge in [0.2, 0.25) is 11.8 Å². The van der Waals surface area contributed by atoms with Gasteiger partial charge in [-0.15, -0.1) is 0 Å². The van der Waals surface area contributed by atoms with E-state index < -0.39 is 0 Å². The molecular formula is C20H28ClN5O3. The number of benzene rings is 1. The van der Waals surface area contributed by atoms with Crippen molar-refractivity contribution >= 4 is 35.1 Å². The molecule has 8 nitrogen and oxygen atoms in total. The maximum Gasteiger partial charge on any atom is 0.322 e. The molecule has 29 heavy (non-hydrogen) atoms. The number of nitrogens with zero attached hydrogens (tertiary/aromatic N) is 3. The smallest absolute Gasteiger partial charge is 0.322 e. The second-order valence-corrected chi connectivity index (χ2v) is 7.86. The van der Waals surface area contributed by atoms with Crippen molar-refractivity contribution in [2.45, 2.75) is 19.3 Å². The molecule has 4 amide bonds. The highest BCUT2D eigenvalue weighted by molar-refractivity contribution is 6.30. The summed E-state index contributed by atoms with van der Waals surface area (Å²) >= 11 is 5.84. The van der Waals surface area contributed by atoms with Gasteiger partial charge < -0.3 is 25.3 Å². The maximum absolute atomic E-state index is 12.3. The lowest BCUT2D eigenvalue weighted by Crippen LogP contribution is -2.55. The molecule has 2 aliphatic heterocycles. The number of nitrogens with one attached hydrogen (secondary N) is 2. The number of piperazine rings is 1. The number of amides is 4. The van der Waals surface area contributed by atoms with Gasteiger partial charge in [-0.05, 0) is 63.2 Å². The molecule has 9 heteroatoms. The van der Waals surface area contributed by atoms with Gasteiger partial charge in [-0.1, -0.05) is 11.6 Å². The third kappa shape index (κ3) is 6.61. The van der Waals surface area contributed by atoms with Gasteiger partial charge in [0, 0.05) is 30.3 Å². The standard InChI is InChI=1S/C20H28ClN5O3/c21-16-4-6-17(7-5-16)23-20(29)26-13-12-25(19(28)15-26)14-18(27)22-8-3-11-24-9-1-2-10-24/h4-7H,1-3,8-15H2,(H,22,27)(H,23,29). The largest absolute Gasteiger partial charge is 0.355 e. The minimum Gasteiger partial charge on any atom is -0.355 e. The number of hydrogen-bond donors (Lipinski definition) is 2. The van der Waals surface area contributed by atoms with Gasteiger partial charge in [0.25, 0.3) is 0 Å². The number of urea groups is 1. The van der Waals surface area contributed by atoms with Crippen molar-refractivity contribution in [2.75, 3.05) is 57.7 Å².